The van der Waals surface area contributed by atoms with Gasteiger partial charge in [-0.25, -0.2) is 4.79 Å². The van der Waals surface area contributed by atoms with E-state index in [1.165, 1.54) is 11.8 Å². The van der Waals surface area contributed by atoms with Gasteiger partial charge in [0.2, 0.25) is 5.91 Å². The van der Waals surface area contributed by atoms with Crippen LogP contribution in [0.2, 0.25) is 0 Å². The van der Waals surface area contributed by atoms with Crippen molar-refractivity contribution in [2.24, 2.45) is 0 Å². The molecule has 0 spiro atoms. The van der Waals surface area contributed by atoms with E-state index in [2.05, 4.69) is 21.2 Å². The van der Waals surface area contributed by atoms with Crippen molar-refractivity contribution in [2.45, 2.75) is 25.3 Å². The second kappa shape index (κ2) is 6.48. The standard InChI is InChI=1S/C15H17BrN2O4/c1-15(14(21)22)6-3-7-18(15)12(19)9-17-13(20)10-4-2-5-11(16)8-10/h2,4-5,8H,3,6-7,9H2,1H3,(H,17,20)(H,21,22). The van der Waals surface area contributed by atoms with Crippen molar-refractivity contribution in [2.75, 3.05) is 13.1 Å². The van der Waals surface area contributed by atoms with E-state index in [4.69, 9.17) is 0 Å². The van der Waals surface area contributed by atoms with Crippen LogP contribution in [0.5, 0.6) is 0 Å². The topological polar surface area (TPSA) is 86.7 Å². The molecule has 1 aliphatic rings. The lowest BCUT2D eigenvalue weighted by Crippen LogP contribution is -2.53. The average molecular weight is 369 g/mol. The van der Waals surface area contributed by atoms with Crippen LogP contribution in [0.1, 0.15) is 30.1 Å². The maximum absolute atomic E-state index is 12.2. The Hall–Kier alpha value is -1.89. The number of aliphatic carboxylic acids is 1. The van der Waals surface area contributed by atoms with E-state index >= 15 is 0 Å². The zero-order valence-electron chi connectivity index (χ0n) is 12.1. The first-order valence-corrected chi connectivity index (χ1v) is 7.71. The lowest BCUT2D eigenvalue weighted by molar-refractivity contribution is -0.154. The number of hydrogen-bond donors (Lipinski definition) is 2. The van der Waals surface area contributed by atoms with Crippen molar-refractivity contribution in [1.29, 1.82) is 0 Å². The number of amides is 2. The first-order valence-electron chi connectivity index (χ1n) is 6.92. The van der Waals surface area contributed by atoms with Crippen LogP contribution in [0.15, 0.2) is 28.7 Å². The summed E-state index contributed by atoms with van der Waals surface area (Å²) in [7, 11) is 0. The highest BCUT2D eigenvalue weighted by molar-refractivity contribution is 9.10. The van der Waals surface area contributed by atoms with Crippen LogP contribution in [-0.2, 0) is 9.59 Å². The van der Waals surface area contributed by atoms with Gasteiger partial charge in [0.05, 0.1) is 6.54 Å². The minimum absolute atomic E-state index is 0.214. The van der Waals surface area contributed by atoms with E-state index in [0.717, 1.165) is 4.47 Å². The summed E-state index contributed by atoms with van der Waals surface area (Å²) in [5.74, 6) is -1.77. The quantitative estimate of drug-likeness (QED) is 0.845. The third kappa shape index (κ3) is 3.30. The smallest absolute Gasteiger partial charge is 0.329 e. The molecule has 22 heavy (non-hydrogen) atoms. The molecule has 118 valence electrons. The first kappa shape index (κ1) is 16.5. The summed E-state index contributed by atoms with van der Waals surface area (Å²) < 4.78 is 0.768. The molecule has 1 heterocycles. The highest BCUT2D eigenvalue weighted by Gasteiger charge is 2.45. The molecule has 2 N–H and O–H groups in total. The van der Waals surface area contributed by atoms with Crippen LogP contribution >= 0.6 is 15.9 Å². The fourth-order valence-corrected chi connectivity index (χ4v) is 2.97. The molecule has 0 radical (unpaired) electrons. The number of carboxylic acids is 1. The third-order valence-electron chi connectivity index (χ3n) is 3.89. The van der Waals surface area contributed by atoms with Crippen LogP contribution < -0.4 is 5.32 Å². The summed E-state index contributed by atoms with van der Waals surface area (Å²) in [4.78, 5) is 36.9. The molecule has 2 rings (SSSR count). The largest absolute Gasteiger partial charge is 0.480 e. The van der Waals surface area contributed by atoms with Crippen LogP contribution in [0.25, 0.3) is 0 Å². The molecule has 1 atom stereocenters. The molecule has 1 fully saturated rings. The Bertz CT molecular complexity index is 619. The summed E-state index contributed by atoms with van der Waals surface area (Å²) in [5, 5.41) is 11.8. The molecule has 0 bridgehead atoms. The maximum atomic E-state index is 12.2. The summed E-state index contributed by atoms with van der Waals surface area (Å²) in [6.07, 6.45) is 1.07. The molecule has 0 saturated carbocycles. The Morgan fingerprint density at radius 3 is 2.77 bits per heavy atom. The predicted molar refractivity (Wildman–Crippen MR) is 83.5 cm³/mol. The number of carbonyl (C=O) groups is 3. The number of carboxylic acid groups (broad SMARTS) is 1. The summed E-state index contributed by atoms with van der Waals surface area (Å²) in [6, 6.07) is 6.81. The molecule has 1 saturated heterocycles. The molecule has 0 aliphatic carbocycles. The van der Waals surface area contributed by atoms with Gasteiger partial charge < -0.3 is 15.3 Å². The number of likely N-dealkylation sites (tertiary alicyclic amines) is 1. The SMILES string of the molecule is CC1(C(=O)O)CCCN1C(=O)CNC(=O)c1cccc(Br)c1. The van der Waals surface area contributed by atoms with Gasteiger partial charge in [-0.1, -0.05) is 22.0 Å². The Labute approximate surface area is 136 Å². The number of nitrogens with one attached hydrogen (secondary N) is 1. The van der Waals surface area contributed by atoms with Crippen LogP contribution in [0.3, 0.4) is 0 Å². The number of rotatable bonds is 4. The molecule has 7 heteroatoms. The Balaban J connectivity index is 1.98. The van der Waals surface area contributed by atoms with E-state index in [1.54, 1.807) is 24.3 Å². The van der Waals surface area contributed by atoms with Gasteiger partial charge in [-0.3, -0.25) is 9.59 Å². The minimum atomic E-state index is -1.18. The van der Waals surface area contributed by atoms with Gasteiger partial charge in [0.25, 0.3) is 5.91 Å². The van der Waals surface area contributed by atoms with E-state index in [0.29, 0.717) is 24.9 Å². The first-order chi connectivity index (χ1) is 10.3. The maximum Gasteiger partial charge on any atom is 0.329 e. The number of nitrogens with zero attached hydrogens (tertiary/aromatic N) is 1. The molecule has 1 aliphatic heterocycles. The van der Waals surface area contributed by atoms with E-state index in [1.807, 2.05) is 0 Å². The van der Waals surface area contributed by atoms with Gasteiger partial charge in [0.1, 0.15) is 5.54 Å². The number of carbonyl (C=O) groups excluding carboxylic acids is 2. The lowest BCUT2D eigenvalue weighted by atomic mass is 9.99. The zero-order chi connectivity index (χ0) is 16.3. The second-order valence-corrected chi connectivity index (χ2v) is 6.34. The lowest BCUT2D eigenvalue weighted by Gasteiger charge is -2.31. The predicted octanol–water partition coefficient (Wildman–Crippen LogP) is 1.64. The van der Waals surface area contributed by atoms with Gasteiger partial charge in [-0.2, -0.15) is 0 Å². The Morgan fingerprint density at radius 2 is 2.14 bits per heavy atom. The van der Waals surface area contributed by atoms with E-state index in [9.17, 15) is 19.5 Å². The van der Waals surface area contributed by atoms with Gasteiger partial charge in [0.15, 0.2) is 0 Å². The molecule has 0 aromatic heterocycles. The van der Waals surface area contributed by atoms with Crippen LogP contribution in [0, 0.1) is 0 Å². The molecule has 1 aromatic rings. The normalized spacial score (nSPS) is 20.7. The van der Waals surface area contributed by atoms with Crippen molar-refractivity contribution < 1.29 is 19.5 Å². The Morgan fingerprint density at radius 1 is 1.41 bits per heavy atom. The highest BCUT2D eigenvalue weighted by Crippen LogP contribution is 2.29. The minimum Gasteiger partial charge on any atom is -0.480 e. The van der Waals surface area contributed by atoms with Crippen molar-refractivity contribution in [1.82, 2.24) is 10.2 Å². The molecule has 1 aromatic carbocycles. The summed E-state index contributed by atoms with van der Waals surface area (Å²) in [6.45, 7) is 1.72. The van der Waals surface area contributed by atoms with E-state index < -0.39 is 11.5 Å². The molecule has 2 amide bonds. The fraction of sp³-hybridized carbons (Fsp3) is 0.400. The summed E-state index contributed by atoms with van der Waals surface area (Å²) in [5.41, 5.74) is -0.748. The average Bonchev–Trinajstić information content (AvgIpc) is 2.88. The highest BCUT2D eigenvalue weighted by atomic mass is 79.9. The second-order valence-electron chi connectivity index (χ2n) is 5.42. The van der Waals surface area contributed by atoms with Gasteiger partial charge >= 0.3 is 5.97 Å². The van der Waals surface area contributed by atoms with Crippen molar-refractivity contribution in [3.8, 4) is 0 Å². The van der Waals surface area contributed by atoms with Gasteiger partial charge in [-0.15, -0.1) is 0 Å². The molecule has 6 nitrogen and oxygen atoms in total. The zero-order valence-corrected chi connectivity index (χ0v) is 13.7. The van der Waals surface area contributed by atoms with Crippen LogP contribution in [0.4, 0.5) is 0 Å². The van der Waals surface area contributed by atoms with Crippen molar-refractivity contribution in [3.05, 3.63) is 34.3 Å². The van der Waals surface area contributed by atoms with E-state index in [-0.39, 0.29) is 18.4 Å². The molecular formula is C15H17BrN2O4. The third-order valence-corrected chi connectivity index (χ3v) is 4.38. The monoisotopic (exact) mass is 368 g/mol. The molecule has 1 unspecified atom stereocenters. The van der Waals surface area contributed by atoms with Crippen molar-refractivity contribution >= 4 is 33.7 Å². The Kier molecular flexibility index (Phi) is 4.85. The van der Waals surface area contributed by atoms with Gasteiger partial charge in [0, 0.05) is 16.6 Å². The number of halogens is 1. The number of hydrogen-bond acceptors (Lipinski definition) is 3. The van der Waals surface area contributed by atoms with Gasteiger partial charge in [-0.05, 0) is 38.0 Å². The number of benzene rings is 1. The summed E-state index contributed by atoms with van der Waals surface area (Å²) >= 11 is 3.27. The van der Waals surface area contributed by atoms with Crippen LogP contribution in [-0.4, -0.2) is 46.4 Å². The van der Waals surface area contributed by atoms with Crippen molar-refractivity contribution in [3.63, 3.8) is 0 Å². The fourth-order valence-electron chi connectivity index (χ4n) is 2.57. The molecular weight excluding hydrogens is 352 g/mol.